The molecule has 4 aromatic carbocycles. The molecule has 0 unspecified atom stereocenters. The normalized spacial score (nSPS) is 13.3. The van der Waals surface area contributed by atoms with Gasteiger partial charge in [-0.15, -0.1) is 0 Å². The number of para-hydroxylation sites is 2. The van der Waals surface area contributed by atoms with Crippen molar-refractivity contribution in [3.8, 4) is 11.8 Å². The van der Waals surface area contributed by atoms with Crippen molar-refractivity contribution in [1.29, 1.82) is 5.26 Å². The maximum absolute atomic E-state index is 13.7. The van der Waals surface area contributed by atoms with Crippen LogP contribution in [0.4, 0.5) is 11.4 Å². The van der Waals surface area contributed by atoms with Crippen LogP contribution in [0.5, 0.6) is 5.75 Å². The molecule has 0 aromatic heterocycles. The Hall–Kier alpha value is -4.58. The summed E-state index contributed by atoms with van der Waals surface area (Å²) in [7, 11) is 0. The third-order valence-corrected chi connectivity index (χ3v) is 7.05. The Kier molecular flexibility index (Phi) is 7.64. The molecule has 39 heavy (non-hydrogen) atoms. The lowest BCUT2D eigenvalue weighted by atomic mass is 10.0. The van der Waals surface area contributed by atoms with E-state index in [4.69, 9.17) is 17.0 Å². The van der Waals surface area contributed by atoms with E-state index in [0.717, 1.165) is 5.56 Å². The van der Waals surface area contributed by atoms with E-state index in [0.29, 0.717) is 32.7 Å². The summed E-state index contributed by atoms with van der Waals surface area (Å²) >= 11 is 9.18. The lowest BCUT2D eigenvalue weighted by Crippen LogP contribution is -2.56. The summed E-state index contributed by atoms with van der Waals surface area (Å²) in [5.41, 5.74) is 3.04. The van der Waals surface area contributed by atoms with E-state index >= 15 is 0 Å². The van der Waals surface area contributed by atoms with E-state index in [1.54, 1.807) is 60.7 Å². The Labute approximate surface area is 239 Å². The second-order valence-electron chi connectivity index (χ2n) is 8.54. The van der Waals surface area contributed by atoms with Crippen molar-refractivity contribution >= 4 is 62.5 Å². The average Bonchev–Trinajstić information content (AvgIpc) is 2.96. The van der Waals surface area contributed by atoms with Crippen molar-refractivity contribution < 1.29 is 14.3 Å². The van der Waals surface area contributed by atoms with Crippen LogP contribution in [-0.4, -0.2) is 16.9 Å². The van der Waals surface area contributed by atoms with Crippen molar-refractivity contribution in [3.05, 3.63) is 130 Å². The van der Waals surface area contributed by atoms with Gasteiger partial charge in [-0.1, -0.05) is 60.7 Å². The van der Waals surface area contributed by atoms with E-state index in [1.165, 1.54) is 9.80 Å². The van der Waals surface area contributed by atoms with Gasteiger partial charge < -0.3 is 4.74 Å². The topological polar surface area (TPSA) is 73.6 Å². The fourth-order valence-corrected chi connectivity index (χ4v) is 5.03. The number of nitrogens with zero attached hydrogens (tertiary/aromatic N) is 3. The van der Waals surface area contributed by atoms with Gasteiger partial charge in [0, 0.05) is 5.56 Å². The van der Waals surface area contributed by atoms with Crippen LogP contribution in [0.1, 0.15) is 16.7 Å². The number of anilines is 2. The summed E-state index contributed by atoms with van der Waals surface area (Å²) in [6, 6.07) is 32.7. The van der Waals surface area contributed by atoms with Crippen molar-refractivity contribution in [2.75, 3.05) is 9.80 Å². The Bertz CT molecular complexity index is 1590. The van der Waals surface area contributed by atoms with Crippen molar-refractivity contribution in [1.82, 2.24) is 0 Å². The van der Waals surface area contributed by atoms with Crippen LogP contribution < -0.4 is 14.5 Å². The minimum absolute atomic E-state index is 0.0279. The summed E-state index contributed by atoms with van der Waals surface area (Å²) in [6.07, 6.45) is 1.55. The summed E-state index contributed by atoms with van der Waals surface area (Å²) in [4.78, 5) is 30.1. The molecule has 0 spiro atoms. The molecule has 1 heterocycles. The molecule has 1 aliphatic rings. The highest BCUT2D eigenvalue weighted by atomic mass is 79.9. The van der Waals surface area contributed by atoms with Crippen LogP contribution in [-0.2, 0) is 16.2 Å². The zero-order valence-electron chi connectivity index (χ0n) is 20.5. The molecule has 1 saturated heterocycles. The van der Waals surface area contributed by atoms with E-state index < -0.39 is 11.8 Å². The first-order valence-corrected chi connectivity index (χ1v) is 13.1. The third kappa shape index (κ3) is 5.36. The van der Waals surface area contributed by atoms with Crippen LogP contribution in [0, 0.1) is 11.3 Å². The smallest absolute Gasteiger partial charge is 0.270 e. The van der Waals surface area contributed by atoms with Gasteiger partial charge in [0.1, 0.15) is 17.9 Å². The first-order chi connectivity index (χ1) is 19.0. The fraction of sp³-hybridized carbons (Fsp3) is 0.0323. The molecule has 0 N–H and O–H groups in total. The highest BCUT2D eigenvalue weighted by molar-refractivity contribution is 9.10. The molecule has 4 aromatic rings. The predicted octanol–water partition coefficient (Wildman–Crippen LogP) is 6.65. The predicted molar refractivity (Wildman–Crippen MR) is 158 cm³/mol. The summed E-state index contributed by atoms with van der Waals surface area (Å²) in [5, 5.41) is 9.40. The van der Waals surface area contributed by atoms with Gasteiger partial charge in [0.15, 0.2) is 5.11 Å². The highest BCUT2D eigenvalue weighted by Crippen LogP contribution is 2.32. The second-order valence-corrected chi connectivity index (χ2v) is 9.76. The van der Waals surface area contributed by atoms with Gasteiger partial charge in [0.05, 0.1) is 27.5 Å². The molecule has 0 bridgehead atoms. The van der Waals surface area contributed by atoms with Gasteiger partial charge in [-0.25, -0.2) is 0 Å². The summed E-state index contributed by atoms with van der Waals surface area (Å²) in [5.74, 6) is -0.454. The minimum atomic E-state index is -0.507. The second kappa shape index (κ2) is 11.4. The van der Waals surface area contributed by atoms with Gasteiger partial charge >= 0.3 is 0 Å². The zero-order valence-corrected chi connectivity index (χ0v) is 22.9. The molecule has 6 nitrogen and oxygen atoms in total. The molecular formula is C31H20BrN3O3S. The number of amides is 2. The van der Waals surface area contributed by atoms with Crippen LogP contribution in [0.2, 0.25) is 0 Å². The highest BCUT2D eigenvalue weighted by Gasteiger charge is 2.41. The molecule has 1 fully saturated rings. The number of thiocarbonyl (C=S) groups is 1. The van der Waals surface area contributed by atoms with Gasteiger partial charge in [-0.3, -0.25) is 19.4 Å². The van der Waals surface area contributed by atoms with Gasteiger partial charge in [0.25, 0.3) is 11.8 Å². The molecular weight excluding hydrogens is 574 g/mol. The van der Waals surface area contributed by atoms with Gasteiger partial charge in [-0.05, 0) is 82.3 Å². The number of halogens is 1. The molecule has 190 valence electrons. The molecule has 5 rings (SSSR count). The quantitative estimate of drug-likeness (QED) is 0.142. The maximum Gasteiger partial charge on any atom is 0.270 e. The molecule has 0 atom stereocenters. The molecule has 0 radical (unpaired) electrons. The number of rotatable bonds is 6. The van der Waals surface area contributed by atoms with E-state index in [9.17, 15) is 14.9 Å². The number of benzene rings is 4. The Morgan fingerprint density at radius 2 is 1.38 bits per heavy atom. The zero-order chi connectivity index (χ0) is 27.4. The van der Waals surface area contributed by atoms with Crippen molar-refractivity contribution in [2.24, 2.45) is 0 Å². The molecule has 1 aliphatic heterocycles. The molecule has 2 amide bonds. The van der Waals surface area contributed by atoms with Crippen LogP contribution >= 0.6 is 28.1 Å². The summed E-state index contributed by atoms with van der Waals surface area (Å²) in [6.45, 7) is 0.218. The van der Waals surface area contributed by atoms with Crippen LogP contribution in [0.25, 0.3) is 6.08 Å². The van der Waals surface area contributed by atoms with E-state index in [2.05, 4.69) is 22.0 Å². The first kappa shape index (κ1) is 26.0. The average molecular weight is 594 g/mol. The lowest BCUT2D eigenvalue weighted by Gasteiger charge is -2.36. The Balaban J connectivity index is 1.48. The monoisotopic (exact) mass is 593 g/mol. The van der Waals surface area contributed by atoms with Gasteiger partial charge in [0.2, 0.25) is 0 Å². The van der Waals surface area contributed by atoms with E-state index in [-0.39, 0.29) is 17.3 Å². The largest absolute Gasteiger partial charge is 0.488 e. The third-order valence-electron chi connectivity index (χ3n) is 6.07. The number of ether oxygens (including phenoxy) is 1. The first-order valence-electron chi connectivity index (χ1n) is 11.9. The number of hydrogen-bond donors (Lipinski definition) is 0. The maximum atomic E-state index is 13.7. The summed E-state index contributed by atoms with van der Waals surface area (Å²) < 4.78 is 6.57. The molecule has 0 saturated carbocycles. The number of hydrogen-bond acceptors (Lipinski definition) is 5. The number of nitriles is 1. The van der Waals surface area contributed by atoms with Crippen molar-refractivity contribution in [3.63, 3.8) is 0 Å². The standard InChI is InChI=1S/C31H20BrN3O3S/c32-27-18-21(15-16-28(27)38-20-23-10-8-7-9-22(23)19-33)17-26-29(36)34(24-11-3-1-4-12-24)31(39)35(30(26)37)25-13-5-2-6-14-25/h1-18H,20H2. The molecule has 0 aliphatic carbocycles. The molecule has 8 heteroatoms. The van der Waals surface area contributed by atoms with Crippen LogP contribution in [0.15, 0.2) is 113 Å². The van der Waals surface area contributed by atoms with E-state index in [1.807, 2.05) is 48.5 Å². The van der Waals surface area contributed by atoms with Crippen LogP contribution in [0.3, 0.4) is 0 Å². The van der Waals surface area contributed by atoms with Crippen molar-refractivity contribution in [2.45, 2.75) is 6.61 Å². The fourth-order valence-electron chi connectivity index (χ4n) is 4.14. The SMILES string of the molecule is N#Cc1ccccc1COc1ccc(C=C2C(=O)N(c3ccccc3)C(=S)N(c3ccccc3)C2=O)cc1Br. The number of carbonyl (C=O) groups is 2. The Morgan fingerprint density at radius 1 is 0.821 bits per heavy atom. The Morgan fingerprint density at radius 3 is 1.95 bits per heavy atom. The minimum Gasteiger partial charge on any atom is -0.488 e. The number of carbonyl (C=O) groups excluding carboxylic acids is 2. The van der Waals surface area contributed by atoms with Gasteiger partial charge in [-0.2, -0.15) is 5.26 Å². The lowest BCUT2D eigenvalue weighted by molar-refractivity contribution is -0.120.